The Balaban J connectivity index is 1.87. The molecule has 2 rings (SSSR count). The van der Waals surface area contributed by atoms with E-state index in [9.17, 15) is 4.79 Å². The van der Waals surface area contributed by atoms with Gasteiger partial charge in [0.1, 0.15) is 5.75 Å². The molecular formula is C17H22ClNO2. The van der Waals surface area contributed by atoms with Crippen molar-refractivity contribution in [3.63, 3.8) is 0 Å². The molecule has 1 aromatic carbocycles. The van der Waals surface area contributed by atoms with E-state index in [2.05, 4.69) is 11.4 Å². The van der Waals surface area contributed by atoms with Crippen LogP contribution in [-0.4, -0.2) is 18.6 Å². The summed E-state index contributed by atoms with van der Waals surface area (Å²) < 4.78 is 5.73. The van der Waals surface area contributed by atoms with Crippen LogP contribution in [0, 0.1) is 0 Å². The summed E-state index contributed by atoms with van der Waals surface area (Å²) in [6.45, 7) is 2.57. The Morgan fingerprint density at radius 3 is 2.95 bits per heavy atom. The fourth-order valence-corrected chi connectivity index (χ4v) is 2.59. The molecule has 0 radical (unpaired) electrons. The van der Waals surface area contributed by atoms with Crippen LogP contribution in [0.25, 0.3) is 0 Å². The molecule has 0 aromatic heterocycles. The maximum absolute atomic E-state index is 12.2. The molecule has 1 N–H and O–H groups in total. The topological polar surface area (TPSA) is 38.3 Å². The Kier molecular flexibility index (Phi) is 6.12. The lowest BCUT2D eigenvalue weighted by Crippen LogP contribution is -2.39. The lowest BCUT2D eigenvalue weighted by atomic mass is 10.00. The first-order chi connectivity index (χ1) is 10.2. The predicted octanol–water partition coefficient (Wildman–Crippen LogP) is 4.11. The minimum absolute atomic E-state index is 0.0658. The maximum atomic E-state index is 12.2. The number of rotatable bonds is 6. The number of hydrogen-bond donors (Lipinski definition) is 1. The summed E-state index contributed by atoms with van der Waals surface area (Å²) in [6.07, 6.45) is 7.07. The van der Waals surface area contributed by atoms with Crippen molar-refractivity contribution in [2.24, 2.45) is 0 Å². The minimum Gasteiger partial charge on any atom is -0.481 e. The summed E-state index contributed by atoms with van der Waals surface area (Å²) in [6, 6.07) is 7.13. The third-order valence-electron chi connectivity index (χ3n) is 3.61. The first-order valence-corrected chi connectivity index (χ1v) is 7.94. The third kappa shape index (κ3) is 5.09. The van der Waals surface area contributed by atoms with Gasteiger partial charge in [-0.25, -0.2) is 0 Å². The quantitative estimate of drug-likeness (QED) is 0.803. The smallest absolute Gasteiger partial charge is 0.261 e. The van der Waals surface area contributed by atoms with Gasteiger partial charge in [-0.1, -0.05) is 36.2 Å². The second kappa shape index (κ2) is 8.08. The average molecular weight is 308 g/mol. The summed E-state index contributed by atoms with van der Waals surface area (Å²) in [5.41, 5.74) is 1.33. The molecule has 0 saturated heterocycles. The second-order valence-corrected chi connectivity index (χ2v) is 5.73. The van der Waals surface area contributed by atoms with Gasteiger partial charge >= 0.3 is 0 Å². The number of halogens is 1. The Hall–Kier alpha value is -1.48. The first kappa shape index (κ1) is 15.9. The highest BCUT2D eigenvalue weighted by atomic mass is 35.5. The summed E-state index contributed by atoms with van der Waals surface area (Å²) in [7, 11) is 0. The van der Waals surface area contributed by atoms with Crippen LogP contribution in [-0.2, 0) is 4.79 Å². The number of carbonyl (C=O) groups is 1. The third-order valence-corrected chi connectivity index (χ3v) is 3.85. The van der Waals surface area contributed by atoms with E-state index in [-0.39, 0.29) is 5.91 Å². The average Bonchev–Trinajstić information content (AvgIpc) is 2.51. The molecule has 0 heterocycles. The fourth-order valence-electron chi connectivity index (χ4n) is 2.41. The van der Waals surface area contributed by atoms with Gasteiger partial charge in [0, 0.05) is 11.6 Å². The second-order valence-electron chi connectivity index (χ2n) is 5.30. The number of hydrogen-bond acceptors (Lipinski definition) is 2. The Morgan fingerprint density at radius 1 is 1.43 bits per heavy atom. The molecule has 21 heavy (non-hydrogen) atoms. The highest BCUT2D eigenvalue weighted by Gasteiger charge is 2.18. The number of nitrogens with one attached hydrogen (secondary N) is 1. The van der Waals surface area contributed by atoms with Gasteiger partial charge in [0.05, 0.1) is 0 Å². The van der Waals surface area contributed by atoms with Crippen molar-refractivity contribution in [2.75, 3.05) is 6.54 Å². The predicted molar refractivity (Wildman–Crippen MR) is 85.7 cm³/mol. The normalized spacial score (nSPS) is 16.0. The monoisotopic (exact) mass is 307 g/mol. The van der Waals surface area contributed by atoms with Crippen LogP contribution in [0.3, 0.4) is 0 Å². The number of amides is 1. The Labute approximate surface area is 131 Å². The van der Waals surface area contributed by atoms with Crippen LogP contribution >= 0.6 is 11.6 Å². The first-order valence-electron chi connectivity index (χ1n) is 7.57. The molecule has 1 atom stereocenters. The maximum Gasteiger partial charge on any atom is 0.261 e. The Morgan fingerprint density at radius 2 is 2.29 bits per heavy atom. The van der Waals surface area contributed by atoms with E-state index in [0.29, 0.717) is 23.7 Å². The van der Waals surface area contributed by atoms with Crippen molar-refractivity contribution in [1.29, 1.82) is 0 Å². The van der Waals surface area contributed by atoms with E-state index in [4.69, 9.17) is 16.3 Å². The fraction of sp³-hybridized carbons (Fsp3) is 0.471. The van der Waals surface area contributed by atoms with Crippen molar-refractivity contribution >= 4 is 17.5 Å². The zero-order valence-corrected chi connectivity index (χ0v) is 13.2. The van der Waals surface area contributed by atoms with Gasteiger partial charge in [0.25, 0.3) is 5.91 Å². The largest absolute Gasteiger partial charge is 0.481 e. The molecule has 1 aliphatic carbocycles. The van der Waals surface area contributed by atoms with Crippen molar-refractivity contribution in [1.82, 2.24) is 5.32 Å². The van der Waals surface area contributed by atoms with Crippen molar-refractivity contribution in [2.45, 2.75) is 45.1 Å². The summed E-state index contributed by atoms with van der Waals surface area (Å²) in [4.78, 5) is 12.2. The van der Waals surface area contributed by atoms with Crippen LogP contribution in [0.2, 0.25) is 5.02 Å². The van der Waals surface area contributed by atoms with Gasteiger partial charge in [-0.15, -0.1) is 0 Å². The molecule has 0 saturated carbocycles. The number of allylic oxidation sites excluding steroid dienone is 1. The van der Waals surface area contributed by atoms with E-state index >= 15 is 0 Å². The van der Waals surface area contributed by atoms with Gasteiger partial charge in [-0.2, -0.15) is 0 Å². The van der Waals surface area contributed by atoms with Crippen molar-refractivity contribution in [3.8, 4) is 5.75 Å². The van der Waals surface area contributed by atoms with Crippen molar-refractivity contribution in [3.05, 3.63) is 40.9 Å². The molecule has 1 amide bonds. The van der Waals surface area contributed by atoms with E-state index in [0.717, 1.165) is 12.8 Å². The van der Waals surface area contributed by atoms with Gasteiger partial charge in [-0.05, 0) is 50.3 Å². The molecule has 0 bridgehead atoms. The lowest BCUT2D eigenvalue weighted by Gasteiger charge is -2.19. The van der Waals surface area contributed by atoms with Crippen LogP contribution in [0.15, 0.2) is 35.9 Å². The molecule has 0 aliphatic heterocycles. The highest BCUT2D eigenvalue weighted by Crippen LogP contribution is 2.19. The molecule has 0 fully saturated rings. The molecule has 1 aliphatic rings. The van der Waals surface area contributed by atoms with Crippen LogP contribution < -0.4 is 10.1 Å². The van der Waals surface area contributed by atoms with Crippen LogP contribution in [0.5, 0.6) is 5.75 Å². The highest BCUT2D eigenvalue weighted by molar-refractivity contribution is 6.30. The van der Waals surface area contributed by atoms with E-state index in [1.807, 2.05) is 19.1 Å². The van der Waals surface area contributed by atoms with Gasteiger partial charge in [0.2, 0.25) is 0 Å². The molecule has 0 unspecified atom stereocenters. The summed E-state index contributed by atoms with van der Waals surface area (Å²) in [5.74, 6) is 0.560. The van der Waals surface area contributed by atoms with E-state index in [1.54, 1.807) is 12.1 Å². The van der Waals surface area contributed by atoms with Crippen LogP contribution in [0.1, 0.15) is 39.0 Å². The zero-order valence-electron chi connectivity index (χ0n) is 12.4. The molecule has 1 aromatic rings. The van der Waals surface area contributed by atoms with Crippen molar-refractivity contribution < 1.29 is 9.53 Å². The van der Waals surface area contributed by atoms with E-state index < -0.39 is 6.10 Å². The molecule has 3 nitrogen and oxygen atoms in total. The number of ether oxygens (including phenoxy) is 1. The molecule has 4 heteroatoms. The number of carbonyl (C=O) groups excluding carboxylic acids is 1. The van der Waals surface area contributed by atoms with E-state index in [1.165, 1.54) is 18.4 Å². The van der Waals surface area contributed by atoms with Gasteiger partial charge in [-0.3, -0.25) is 4.79 Å². The number of benzene rings is 1. The van der Waals surface area contributed by atoms with Gasteiger partial charge < -0.3 is 10.1 Å². The Bertz CT molecular complexity index is 513. The summed E-state index contributed by atoms with van der Waals surface area (Å²) >= 11 is 5.93. The molecule has 114 valence electrons. The lowest BCUT2D eigenvalue weighted by molar-refractivity contribution is -0.127. The molecule has 0 spiro atoms. The van der Waals surface area contributed by atoms with Gasteiger partial charge in [0.15, 0.2) is 6.10 Å². The minimum atomic E-state index is -0.479. The summed E-state index contributed by atoms with van der Waals surface area (Å²) in [5, 5.41) is 3.58. The standard InChI is InChI=1S/C17H22ClNO2/c1-2-16(21-15-10-6-9-14(18)11-15)17(20)19-12-13-7-4-3-5-8-13/h6-7,9-11,16H,2-5,8,12H2,1H3,(H,19,20)/t16-/m0/s1. The SMILES string of the molecule is CC[C@H](Oc1cccc(Cl)c1)C(=O)NCC1=CCCCC1. The molecular weight excluding hydrogens is 286 g/mol. The zero-order chi connectivity index (χ0) is 15.1. The van der Waals surface area contributed by atoms with Crippen LogP contribution in [0.4, 0.5) is 0 Å².